The van der Waals surface area contributed by atoms with Crippen LogP contribution in [0.1, 0.15) is 53.7 Å². The highest BCUT2D eigenvalue weighted by atomic mass is 35.5. The Bertz CT molecular complexity index is 401. The summed E-state index contributed by atoms with van der Waals surface area (Å²) in [6.07, 6.45) is 6.27. The Morgan fingerprint density at radius 1 is 1.56 bits per heavy atom. The first-order valence-corrected chi connectivity index (χ1v) is 7.75. The fourth-order valence-electron chi connectivity index (χ4n) is 2.55. The fraction of sp³-hybridized carbons (Fsp3) is 0.692. The zero-order valence-corrected chi connectivity index (χ0v) is 12.1. The Kier molecular flexibility index (Phi) is 5.15. The van der Waals surface area contributed by atoms with E-state index >= 15 is 0 Å². The molecule has 0 amide bonds. The summed E-state index contributed by atoms with van der Waals surface area (Å²) in [6.45, 7) is 0. The molecule has 0 aliphatic heterocycles. The predicted octanol–water partition coefficient (Wildman–Crippen LogP) is 3.83. The van der Waals surface area contributed by atoms with Gasteiger partial charge in [0.25, 0.3) is 0 Å². The average molecular weight is 288 g/mol. The van der Waals surface area contributed by atoms with E-state index in [-0.39, 0.29) is 17.8 Å². The number of rotatable bonds is 5. The van der Waals surface area contributed by atoms with Gasteiger partial charge in [0.1, 0.15) is 16.8 Å². The Hall–Kier alpha value is -0.450. The monoisotopic (exact) mass is 287 g/mol. The lowest BCUT2D eigenvalue weighted by molar-refractivity contribution is 0.0351. The van der Waals surface area contributed by atoms with Crippen LogP contribution in [0.2, 0.25) is 0 Å². The van der Waals surface area contributed by atoms with Gasteiger partial charge in [-0.05, 0) is 18.8 Å². The zero-order chi connectivity index (χ0) is 13.0. The molecular formula is C13H18ClNO2S. The van der Waals surface area contributed by atoms with Crippen molar-refractivity contribution in [2.75, 3.05) is 13.0 Å². The number of alkyl halides is 1. The molecule has 1 aromatic heterocycles. The van der Waals surface area contributed by atoms with Gasteiger partial charge in [0, 0.05) is 12.5 Å². The van der Waals surface area contributed by atoms with E-state index in [1.54, 1.807) is 12.5 Å². The van der Waals surface area contributed by atoms with E-state index < -0.39 is 0 Å². The number of ether oxygens (including phenoxy) is 1. The van der Waals surface area contributed by atoms with Gasteiger partial charge in [-0.25, -0.2) is 4.98 Å². The molecule has 0 radical (unpaired) electrons. The highest BCUT2D eigenvalue weighted by Gasteiger charge is 2.27. The van der Waals surface area contributed by atoms with E-state index in [2.05, 4.69) is 4.98 Å². The molecule has 0 aromatic carbocycles. The van der Waals surface area contributed by atoms with Crippen LogP contribution in [0.15, 0.2) is 5.38 Å². The smallest absolute Gasteiger partial charge is 0.196 e. The van der Waals surface area contributed by atoms with Crippen LogP contribution in [0.5, 0.6) is 0 Å². The van der Waals surface area contributed by atoms with Crippen molar-refractivity contribution in [1.82, 2.24) is 4.98 Å². The first-order valence-electron chi connectivity index (χ1n) is 6.33. The van der Waals surface area contributed by atoms with Gasteiger partial charge in [-0.1, -0.05) is 19.3 Å². The molecule has 5 heteroatoms. The first-order chi connectivity index (χ1) is 8.76. The van der Waals surface area contributed by atoms with Gasteiger partial charge in [0.2, 0.25) is 0 Å². The van der Waals surface area contributed by atoms with Crippen molar-refractivity contribution >= 4 is 28.7 Å². The molecule has 2 rings (SSSR count). The lowest BCUT2D eigenvalue weighted by Gasteiger charge is -2.27. The summed E-state index contributed by atoms with van der Waals surface area (Å²) in [5.74, 6) is 0.413. The van der Waals surface area contributed by atoms with Crippen molar-refractivity contribution < 1.29 is 9.53 Å². The maximum atomic E-state index is 11.5. The number of thiazole rings is 1. The molecule has 1 unspecified atom stereocenters. The molecule has 0 bridgehead atoms. The minimum Gasteiger partial charge on any atom is -0.374 e. The summed E-state index contributed by atoms with van der Waals surface area (Å²) < 4.78 is 5.61. The number of hydrogen-bond acceptors (Lipinski definition) is 4. The quantitative estimate of drug-likeness (QED) is 0.610. The number of methoxy groups -OCH3 is 1. The number of carbonyl (C=O) groups excluding carboxylic acids is 1. The SMILES string of the molecule is COC(c1nc(C(=O)CCl)cs1)C1CCCCC1. The molecule has 1 aliphatic rings. The number of nitrogens with zero attached hydrogens (tertiary/aromatic N) is 1. The topological polar surface area (TPSA) is 39.2 Å². The number of ketones is 1. The van der Waals surface area contributed by atoms with Crippen molar-refractivity contribution in [3.63, 3.8) is 0 Å². The summed E-state index contributed by atoms with van der Waals surface area (Å²) >= 11 is 7.05. The molecule has 1 heterocycles. The number of hydrogen-bond donors (Lipinski definition) is 0. The van der Waals surface area contributed by atoms with E-state index in [0.717, 1.165) is 5.01 Å². The second-order valence-corrected chi connectivity index (χ2v) is 5.84. The molecule has 0 spiro atoms. The number of Topliss-reactive ketones (excluding diaryl/α,β-unsaturated/α-hetero) is 1. The highest BCUT2D eigenvalue weighted by Crippen LogP contribution is 2.37. The van der Waals surface area contributed by atoms with E-state index in [0.29, 0.717) is 11.6 Å². The van der Waals surface area contributed by atoms with Crippen molar-refractivity contribution in [3.8, 4) is 0 Å². The van der Waals surface area contributed by atoms with Gasteiger partial charge in [0.15, 0.2) is 5.78 Å². The molecule has 3 nitrogen and oxygen atoms in total. The number of halogens is 1. The van der Waals surface area contributed by atoms with Gasteiger partial charge in [-0.3, -0.25) is 4.79 Å². The van der Waals surface area contributed by atoms with Crippen molar-refractivity contribution in [1.29, 1.82) is 0 Å². The van der Waals surface area contributed by atoms with Gasteiger partial charge < -0.3 is 4.74 Å². The van der Waals surface area contributed by atoms with Gasteiger partial charge in [0.05, 0.1) is 5.88 Å². The van der Waals surface area contributed by atoms with Crippen LogP contribution >= 0.6 is 22.9 Å². The maximum Gasteiger partial charge on any atom is 0.196 e. The van der Waals surface area contributed by atoms with Crippen molar-refractivity contribution in [2.24, 2.45) is 5.92 Å². The Balaban J connectivity index is 2.11. The van der Waals surface area contributed by atoms with Crippen LogP contribution in [0.3, 0.4) is 0 Å². The molecule has 1 saturated carbocycles. The van der Waals surface area contributed by atoms with Crippen LogP contribution in [-0.2, 0) is 4.74 Å². The van der Waals surface area contributed by atoms with Crippen molar-refractivity contribution in [3.05, 3.63) is 16.1 Å². The predicted molar refractivity (Wildman–Crippen MR) is 73.5 cm³/mol. The van der Waals surface area contributed by atoms with Crippen LogP contribution < -0.4 is 0 Å². The molecular weight excluding hydrogens is 270 g/mol. The molecule has 18 heavy (non-hydrogen) atoms. The lowest BCUT2D eigenvalue weighted by atomic mass is 9.85. The standard InChI is InChI=1S/C13H18ClNO2S/c1-17-12(9-5-3-2-4-6-9)13-15-10(8-18-13)11(16)7-14/h8-9,12H,2-7H2,1H3. The maximum absolute atomic E-state index is 11.5. The fourth-order valence-corrected chi connectivity index (χ4v) is 3.67. The largest absolute Gasteiger partial charge is 0.374 e. The highest BCUT2D eigenvalue weighted by molar-refractivity contribution is 7.09. The minimum atomic E-state index is -0.113. The van der Waals surface area contributed by atoms with Gasteiger partial charge >= 0.3 is 0 Å². The molecule has 1 fully saturated rings. The summed E-state index contributed by atoms with van der Waals surface area (Å²) in [5, 5.41) is 2.70. The summed E-state index contributed by atoms with van der Waals surface area (Å²) in [5.41, 5.74) is 0.475. The first kappa shape index (κ1) is 14.0. The van der Waals surface area contributed by atoms with Crippen molar-refractivity contribution in [2.45, 2.75) is 38.2 Å². The van der Waals surface area contributed by atoms with Gasteiger partial charge in [-0.15, -0.1) is 22.9 Å². The Morgan fingerprint density at radius 2 is 2.28 bits per heavy atom. The molecule has 0 saturated heterocycles. The van der Waals surface area contributed by atoms with Crippen LogP contribution in [0.4, 0.5) is 0 Å². The van der Waals surface area contributed by atoms with Gasteiger partial charge in [-0.2, -0.15) is 0 Å². The third kappa shape index (κ3) is 3.11. The second-order valence-electron chi connectivity index (χ2n) is 4.68. The normalized spacial score (nSPS) is 18.8. The molecule has 1 aromatic rings. The minimum absolute atomic E-state index is 0.00967. The third-order valence-electron chi connectivity index (χ3n) is 3.50. The number of carbonyl (C=O) groups is 1. The van der Waals surface area contributed by atoms with Crippen LogP contribution in [0.25, 0.3) is 0 Å². The van der Waals surface area contributed by atoms with E-state index in [1.807, 2.05) is 0 Å². The van der Waals surface area contributed by atoms with E-state index in [4.69, 9.17) is 16.3 Å². The summed E-state index contributed by atoms with van der Waals surface area (Å²) in [4.78, 5) is 15.9. The molecule has 1 atom stereocenters. The number of aromatic nitrogens is 1. The van der Waals surface area contributed by atoms with Crippen LogP contribution in [0, 0.1) is 5.92 Å². The van der Waals surface area contributed by atoms with Crippen LogP contribution in [-0.4, -0.2) is 23.8 Å². The second kappa shape index (κ2) is 6.64. The lowest BCUT2D eigenvalue weighted by Crippen LogP contribution is -2.18. The third-order valence-corrected chi connectivity index (χ3v) is 4.65. The Morgan fingerprint density at radius 3 is 2.89 bits per heavy atom. The van der Waals surface area contributed by atoms with E-state index in [1.165, 1.54) is 43.4 Å². The van der Waals surface area contributed by atoms with E-state index in [9.17, 15) is 4.79 Å². The average Bonchev–Trinajstić information content (AvgIpc) is 2.89. The zero-order valence-electron chi connectivity index (χ0n) is 10.5. The Labute approximate surface area is 117 Å². The summed E-state index contributed by atoms with van der Waals surface area (Å²) in [7, 11) is 1.73. The molecule has 1 aliphatic carbocycles. The molecule has 100 valence electrons. The summed E-state index contributed by atoms with van der Waals surface area (Å²) in [6, 6.07) is 0. The molecule has 0 N–H and O–H groups in total.